The van der Waals surface area contributed by atoms with Gasteiger partial charge in [0, 0.05) is 6.54 Å². The van der Waals surface area contributed by atoms with E-state index in [1.54, 1.807) is 0 Å². The van der Waals surface area contributed by atoms with Crippen LogP contribution in [-0.2, 0) is 6.54 Å². The van der Waals surface area contributed by atoms with E-state index < -0.39 is 0 Å². The second kappa shape index (κ2) is 4.81. The van der Waals surface area contributed by atoms with Gasteiger partial charge in [0.25, 0.3) is 0 Å². The van der Waals surface area contributed by atoms with Gasteiger partial charge in [0.1, 0.15) is 0 Å². The highest BCUT2D eigenvalue weighted by atomic mass is 15.1. The maximum atomic E-state index is 2.59. The first kappa shape index (κ1) is 12.6. The lowest BCUT2D eigenvalue weighted by Gasteiger charge is -2.37. The molecule has 0 amide bonds. The molecule has 1 aliphatic rings. The summed E-state index contributed by atoms with van der Waals surface area (Å²) in [4.78, 5) is 2.59. The normalized spacial score (nSPS) is 20.5. The van der Waals surface area contributed by atoms with Crippen molar-refractivity contribution in [3.8, 4) is 0 Å². The Morgan fingerprint density at radius 3 is 2.29 bits per heavy atom. The molecule has 0 unspecified atom stereocenters. The first-order chi connectivity index (χ1) is 7.96. The molecule has 1 aliphatic heterocycles. The van der Waals surface area contributed by atoms with Gasteiger partial charge in [-0.1, -0.05) is 32.0 Å². The van der Waals surface area contributed by atoms with E-state index in [4.69, 9.17) is 0 Å². The minimum absolute atomic E-state index is 0.555. The van der Waals surface area contributed by atoms with E-state index in [1.165, 1.54) is 42.6 Å². The fourth-order valence-electron chi connectivity index (χ4n) is 2.48. The summed E-state index contributed by atoms with van der Waals surface area (Å²) in [5.74, 6) is 0. The van der Waals surface area contributed by atoms with Crippen molar-refractivity contribution in [3.05, 3.63) is 34.9 Å². The molecule has 0 aromatic heterocycles. The number of hydrogen-bond donors (Lipinski definition) is 0. The van der Waals surface area contributed by atoms with Crippen molar-refractivity contribution in [2.45, 2.75) is 47.1 Å². The van der Waals surface area contributed by atoms with Gasteiger partial charge in [-0.2, -0.15) is 0 Å². The van der Waals surface area contributed by atoms with Gasteiger partial charge in [-0.3, -0.25) is 4.90 Å². The van der Waals surface area contributed by atoms with E-state index in [2.05, 4.69) is 50.8 Å². The average Bonchev–Trinajstić information content (AvgIpc) is 2.27. The summed E-state index contributed by atoms with van der Waals surface area (Å²) in [7, 11) is 0. The Kier molecular flexibility index (Phi) is 3.58. The lowest BCUT2D eigenvalue weighted by atomic mass is 9.82. The third-order valence-corrected chi connectivity index (χ3v) is 4.19. The molecule has 1 aromatic carbocycles. The number of rotatable bonds is 2. The van der Waals surface area contributed by atoms with E-state index in [-0.39, 0.29) is 0 Å². The lowest BCUT2D eigenvalue weighted by molar-refractivity contribution is 0.127. The van der Waals surface area contributed by atoms with Gasteiger partial charge in [-0.15, -0.1) is 0 Å². The van der Waals surface area contributed by atoms with Crippen molar-refractivity contribution in [1.82, 2.24) is 4.90 Å². The van der Waals surface area contributed by atoms with Crippen LogP contribution >= 0.6 is 0 Å². The molecule has 0 spiro atoms. The molecule has 0 aliphatic carbocycles. The number of aryl methyl sites for hydroxylation is 2. The molecule has 1 aromatic rings. The van der Waals surface area contributed by atoms with Gasteiger partial charge in [-0.25, -0.2) is 0 Å². The first-order valence-corrected chi connectivity index (χ1v) is 6.75. The van der Waals surface area contributed by atoms with Gasteiger partial charge in [0.05, 0.1) is 0 Å². The van der Waals surface area contributed by atoms with Gasteiger partial charge in [0.15, 0.2) is 0 Å². The molecule has 17 heavy (non-hydrogen) atoms. The van der Waals surface area contributed by atoms with Crippen molar-refractivity contribution in [1.29, 1.82) is 0 Å². The molecular weight excluding hydrogens is 206 g/mol. The molecule has 1 fully saturated rings. The van der Waals surface area contributed by atoms with Gasteiger partial charge >= 0.3 is 0 Å². The van der Waals surface area contributed by atoms with Crippen LogP contribution in [0.1, 0.15) is 43.4 Å². The van der Waals surface area contributed by atoms with Crippen LogP contribution in [0.3, 0.4) is 0 Å². The molecule has 1 heteroatoms. The zero-order valence-electron chi connectivity index (χ0n) is 11.7. The highest BCUT2D eigenvalue weighted by Crippen LogP contribution is 2.30. The summed E-state index contributed by atoms with van der Waals surface area (Å²) in [6.07, 6.45) is 2.66. The Balaban J connectivity index is 1.95. The smallest absolute Gasteiger partial charge is 0.0233 e. The number of piperidine rings is 1. The second-order valence-corrected chi connectivity index (χ2v) is 6.36. The number of benzene rings is 1. The van der Waals surface area contributed by atoms with E-state index in [0.717, 1.165) is 6.54 Å². The Morgan fingerprint density at radius 2 is 1.71 bits per heavy atom. The van der Waals surface area contributed by atoms with Crippen molar-refractivity contribution in [2.24, 2.45) is 5.41 Å². The van der Waals surface area contributed by atoms with Crippen molar-refractivity contribution < 1.29 is 0 Å². The summed E-state index contributed by atoms with van der Waals surface area (Å²) in [6, 6.07) is 6.87. The van der Waals surface area contributed by atoms with Crippen LogP contribution < -0.4 is 0 Å². The van der Waals surface area contributed by atoms with Crippen LogP contribution in [0.4, 0.5) is 0 Å². The second-order valence-electron chi connectivity index (χ2n) is 6.36. The molecule has 0 saturated carbocycles. The predicted octanol–water partition coefficient (Wildman–Crippen LogP) is 3.93. The predicted molar refractivity (Wildman–Crippen MR) is 74.2 cm³/mol. The van der Waals surface area contributed by atoms with Crippen molar-refractivity contribution in [2.75, 3.05) is 13.1 Å². The number of hydrogen-bond acceptors (Lipinski definition) is 1. The Bertz CT molecular complexity index is 383. The maximum absolute atomic E-state index is 2.59. The zero-order chi connectivity index (χ0) is 12.5. The lowest BCUT2D eigenvalue weighted by Crippen LogP contribution is -2.36. The fourth-order valence-corrected chi connectivity index (χ4v) is 2.48. The average molecular weight is 231 g/mol. The summed E-state index contributed by atoms with van der Waals surface area (Å²) >= 11 is 0. The molecule has 1 saturated heterocycles. The summed E-state index contributed by atoms with van der Waals surface area (Å²) in [5, 5.41) is 0. The van der Waals surface area contributed by atoms with Gasteiger partial charge < -0.3 is 0 Å². The van der Waals surface area contributed by atoms with Crippen LogP contribution in [0.15, 0.2) is 18.2 Å². The van der Waals surface area contributed by atoms with E-state index in [9.17, 15) is 0 Å². The van der Waals surface area contributed by atoms with E-state index in [1.807, 2.05) is 0 Å². The molecule has 0 radical (unpaired) electrons. The Morgan fingerprint density at radius 1 is 1.06 bits per heavy atom. The molecule has 0 N–H and O–H groups in total. The van der Waals surface area contributed by atoms with Crippen molar-refractivity contribution in [3.63, 3.8) is 0 Å². The number of likely N-dealkylation sites (tertiary alicyclic amines) is 1. The minimum Gasteiger partial charge on any atom is -0.299 e. The molecule has 94 valence electrons. The van der Waals surface area contributed by atoms with Crippen LogP contribution in [-0.4, -0.2) is 18.0 Å². The highest BCUT2D eigenvalue weighted by Gasteiger charge is 2.25. The fraction of sp³-hybridized carbons (Fsp3) is 0.625. The minimum atomic E-state index is 0.555. The SMILES string of the molecule is Cc1ccc(CN2CCC(C)(C)CC2)cc1C. The van der Waals surface area contributed by atoms with Crippen LogP contribution in [0.25, 0.3) is 0 Å². The molecule has 2 rings (SSSR count). The van der Waals surface area contributed by atoms with Crippen molar-refractivity contribution >= 4 is 0 Å². The van der Waals surface area contributed by atoms with Crippen LogP contribution in [0, 0.1) is 19.3 Å². The summed E-state index contributed by atoms with van der Waals surface area (Å²) in [6.45, 7) is 12.8. The quantitative estimate of drug-likeness (QED) is 0.745. The first-order valence-electron chi connectivity index (χ1n) is 6.75. The van der Waals surface area contributed by atoms with E-state index >= 15 is 0 Å². The molecule has 1 nitrogen and oxygen atoms in total. The Hall–Kier alpha value is -0.820. The Labute approximate surface area is 106 Å². The number of nitrogens with zero attached hydrogens (tertiary/aromatic N) is 1. The molecular formula is C16H25N. The molecule has 0 atom stereocenters. The van der Waals surface area contributed by atoms with Gasteiger partial charge in [0.2, 0.25) is 0 Å². The highest BCUT2D eigenvalue weighted by molar-refractivity contribution is 5.29. The third kappa shape index (κ3) is 3.32. The monoisotopic (exact) mass is 231 g/mol. The van der Waals surface area contributed by atoms with Crippen LogP contribution in [0.2, 0.25) is 0 Å². The summed E-state index contributed by atoms with van der Waals surface area (Å²) in [5.41, 5.74) is 4.83. The topological polar surface area (TPSA) is 3.24 Å². The van der Waals surface area contributed by atoms with Gasteiger partial charge in [-0.05, 0) is 61.9 Å². The standard InChI is InChI=1S/C16H25N/c1-13-5-6-15(11-14(13)2)12-17-9-7-16(3,4)8-10-17/h5-6,11H,7-10,12H2,1-4H3. The van der Waals surface area contributed by atoms with E-state index in [0.29, 0.717) is 5.41 Å². The summed E-state index contributed by atoms with van der Waals surface area (Å²) < 4.78 is 0. The zero-order valence-corrected chi connectivity index (χ0v) is 11.7. The molecule has 1 heterocycles. The largest absolute Gasteiger partial charge is 0.299 e. The van der Waals surface area contributed by atoms with Crippen LogP contribution in [0.5, 0.6) is 0 Å². The maximum Gasteiger partial charge on any atom is 0.0233 e. The third-order valence-electron chi connectivity index (χ3n) is 4.19. The molecule has 0 bridgehead atoms.